The maximum Gasteiger partial charge on any atom is 0.309 e. The summed E-state index contributed by atoms with van der Waals surface area (Å²) < 4.78 is 6.29. The molecule has 0 saturated heterocycles. The quantitative estimate of drug-likeness (QED) is 0.525. The molecule has 2 N–H and O–H groups in total. The van der Waals surface area contributed by atoms with Crippen molar-refractivity contribution in [2.45, 2.75) is 72.5 Å². The largest absolute Gasteiger partial charge is 0.458 e. The van der Waals surface area contributed by atoms with Gasteiger partial charge in [0, 0.05) is 29.1 Å². The van der Waals surface area contributed by atoms with Crippen molar-refractivity contribution >= 4 is 11.8 Å². The smallest absolute Gasteiger partial charge is 0.309 e. The molecule has 0 amide bonds. The summed E-state index contributed by atoms with van der Waals surface area (Å²) in [5.41, 5.74) is -0.506. The number of Topliss-reactive ketones (excluding diaryl/α,β-unsaturated/α-hetero) is 1. The van der Waals surface area contributed by atoms with Gasteiger partial charge in [-0.15, -0.1) is 0 Å². The minimum absolute atomic E-state index is 0.0470. The van der Waals surface area contributed by atoms with Crippen LogP contribution < -0.4 is 0 Å². The maximum absolute atomic E-state index is 13.0. The van der Waals surface area contributed by atoms with Crippen molar-refractivity contribution in [1.82, 2.24) is 0 Å². The Morgan fingerprint density at radius 1 is 1.23 bits per heavy atom. The second-order valence-electron chi connectivity index (χ2n) is 11.6. The molecule has 8 atom stereocenters. The molecule has 4 aliphatic carbocycles. The summed E-state index contributed by atoms with van der Waals surface area (Å²) in [4.78, 5) is 25.9. The van der Waals surface area contributed by atoms with E-state index in [-0.39, 0.29) is 65.2 Å². The number of allylic oxidation sites excluding steroid dienone is 1. The second kappa shape index (κ2) is 7.02. The molecule has 5 nitrogen and oxygen atoms in total. The number of aliphatic hydroxyl groups excluding tert-OH is 1. The lowest BCUT2D eigenvalue weighted by atomic mass is 9.61. The third kappa shape index (κ3) is 2.88. The fraction of sp³-hybridized carbons (Fsp3) is 0.769. The van der Waals surface area contributed by atoms with Crippen LogP contribution in [0.4, 0.5) is 0 Å². The predicted molar refractivity (Wildman–Crippen MR) is 118 cm³/mol. The summed E-state index contributed by atoms with van der Waals surface area (Å²) >= 11 is 0. The van der Waals surface area contributed by atoms with Crippen molar-refractivity contribution in [1.29, 1.82) is 0 Å². The van der Waals surface area contributed by atoms with Gasteiger partial charge in [-0.3, -0.25) is 9.59 Å². The zero-order valence-electron chi connectivity index (χ0n) is 19.9. The van der Waals surface area contributed by atoms with E-state index in [9.17, 15) is 19.8 Å². The summed E-state index contributed by atoms with van der Waals surface area (Å²) in [6, 6.07) is 0. The van der Waals surface area contributed by atoms with Crippen molar-refractivity contribution in [3.63, 3.8) is 0 Å². The highest BCUT2D eigenvalue weighted by atomic mass is 16.6. The monoisotopic (exact) mass is 430 g/mol. The van der Waals surface area contributed by atoms with E-state index in [1.165, 1.54) is 0 Å². The number of ether oxygens (including phenoxy) is 1. The normalized spacial score (nSPS) is 43.8. The van der Waals surface area contributed by atoms with Gasteiger partial charge in [0.15, 0.2) is 5.78 Å². The SMILES string of the molecule is CC1=CC2C(CC(CO)=CC3C4C(C)(C)C4(OC(=O)C(C)C(C)C)CC(C)C23O)C1=O. The van der Waals surface area contributed by atoms with Crippen LogP contribution >= 0.6 is 0 Å². The zero-order chi connectivity index (χ0) is 23.1. The first-order valence-corrected chi connectivity index (χ1v) is 11.8. The Bertz CT molecular complexity index is 867. The summed E-state index contributed by atoms with van der Waals surface area (Å²) in [6.45, 7) is 13.9. The second-order valence-corrected chi connectivity index (χ2v) is 11.6. The molecular formula is C26H38O5. The third-order valence-electron chi connectivity index (χ3n) is 9.46. The van der Waals surface area contributed by atoms with Gasteiger partial charge >= 0.3 is 5.97 Å². The van der Waals surface area contributed by atoms with Crippen molar-refractivity contribution < 1.29 is 24.5 Å². The number of carbonyl (C=O) groups excluding carboxylic acids is 2. The van der Waals surface area contributed by atoms with Gasteiger partial charge in [-0.05, 0) is 42.7 Å². The zero-order valence-corrected chi connectivity index (χ0v) is 19.9. The molecule has 0 radical (unpaired) electrons. The van der Waals surface area contributed by atoms with Gasteiger partial charge in [0.05, 0.1) is 18.1 Å². The number of carbonyl (C=O) groups is 2. The van der Waals surface area contributed by atoms with Crippen LogP contribution in [0.25, 0.3) is 0 Å². The molecule has 5 heteroatoms. The van der Waals surface area contributed by atoms with E-state index in [1.807, 2.05) is 46.8 Å². The average Bonchev–Trinajstić information content (AvgIpc) is 3.07. The van der Waals surface area contributed by atoms with Crippen molar-refractivity contribution in [3.05, 3.63) is 23.3 Å². The Kier molecular flexibility index (Phi) is 5.14. The Morgan fingerprint density at radius 2 is 1.87 bits per heavy atom. The molecule has 172 valence electrons. The molecule has 0 aromatic carbocycles. The highest BCUT2D eigenvalue weighted by Crippen LogP contribution is 2.76. The van der Waals surface area contributed by atoms with E-state index in [1.54, 1.807) is 0 Å². The Labute approximate surface area is 185 Å². The minimum atomic E-state index is -1.10. The molecule has 8 unspecified atom stereocenters. The molecule has 4 rings (SSSR count). The molecule has 31 heavy (non-hydrogen) atoms. The van der Waals surface area contributed by atoms with Crippen LogP contribution in [0.1, 0.15) is 61.3 Å². The molecule has 4 aliphatic rings. The number of hydrogen-bond donors (Lipinski definition) is 2. The van der Waals surface area contributed by atoms with E-state index >= 15 is 0 Å². The lowest BCUT2D eigenvalue weighted by molar-refractivity contribution is -0.177. The van der Waals surface area contributed by atoms with E-state index in [0.717, 1.165) is 5.57 Å². The van der Waals surface area contributed by atoms with Crippen molar-refractivity contribution in [2.24, 2.45) is 46.8 Å². The molecule has 0 aromatic rings. The summed E-state index contributed by atoms with van der Waals surface area (Å²) in [5, 5.41) is 22.3. The molecular weight excluding hydrogens is 392 g/mol. The van der Waals surface area contributed by atoms with E-state index in [0.29, 0.717) is 18.4 Å². The van der Waals surface area contributed by atoms with Gasteiger partial charge in [0.25, 0.3) is 0 Å². The lowest BCUT2D eigenvalue weighted by Crippen LogP contribution is -2.56. The van der Waals surface area contributed by atoms with Gasteiger partial charge in [0.2, 0.25) is 0 Å². The van der Waals surface area contributed by atoms with Crippen LogP contribution in [0.15, 0.2) is 23.3 Å². The fourth-order valence-corrected chi connectivity index (χ4v) is 7.08. The van der Waals surface area contributed by atoms with E-state index in [4.69, 9.17) is 4.74 Å². The van der Waals surface area contributed by atoms with Gasteiger partial charge < -0.3 is 14.9 Å². The number of hydrogen-bond acceptors (Lipinski definition) is 5. The minimum Gasteiger partial charge on any atom is -0.458 e. The molecule has 0 aromatic heterocycles. The van der Waals surface area contributed by atoms with Crippen LogP contribution in [0, 0.1) is 46.8 Å². The van der Waals surface area contributed by atoms with Gasteiger partial charge in [-0.25, -0.2) is 0 Å². The topological polar surface area (TPSA) is 83.8 Å². The first-order valence-electron chi connectivity index (χ1n) is 11.8. The van der Waals surface area contributed by atoms with Gasteiger partial charge in [-0.2, -0.15) is 0 Å². The van der Waals surface area contributed by atoms with Gasteiger partial charge in [-0.1, -0.05) is 53.7 Å². The fourth-order valence-electron chi connectivity index (χ4n) is 7.08. The predicted octanol–water partition coefficient (Wildman–Crippen LogP) is 3.69. The molecule has 2 fully saturated rings. The Hall–Kier alpha value is -1.46. The van der Waals surface area contributed by atoms with E-state index < -0.39 is 11.2 Å². The molecule has 2 saturated carbocycles. The first-order chi connectivity index (χ1) is 14.3. The van der Waals surface area contributed by atoms with Crippen LogP contribution in [0.3, 0.4) is 0 Å². The van der Waals surface area contributed by atoms with Crippen LogP contribution in [0.2, 0.25) is 0 Å². The van der Waals surface area contributed by atoms with Crippen LogP contribution in [0.5, 0.6) is 0 Å². The third-order valence-corrected chi connectivity index (χ3v) is 9.46. The maximum atomic E-state index is 13.0. The van der Waals surface area contributed by atoms with E-state index in [2.05, 4.69) is 13.8 Å². The number of rotatable bonds is 4. The first kappa shape index (κ1) is 22.7. The number of fused-ring (bicyclic) bond motifs is 5. The summed E-state index contributed by atoms with van der Waals surface area (Å²) in [7, 11) is 0. The Morgan fingerprint density at radius 3 is 2.45 bits per heavy atom. The highest BCUT2D eigenvalue weighted by molar-refractivity contribution is 5.99. The summed E-state index contributed by atoms with van der Waals surface area (Å²) in [6.07, 6.45) is 5.03. The average molecular weight is 431 g/mol. The molecule has 0 spiro atoms. The summed E-state index contributed by atoms with van der Waals surface area (Å²) in [5.74, 6) is -1.18. The van der Waals surface area contributed by atoms with Crippen LogP contribution in [-0.4, -0.2) is 39.8 Å². The van der Waals surface area contributed by atoms with Crippen molar-refractivity contribution in [2.75, 3.05) is 6.61 Å². The van der Waals surface area contributed by atoms with Crippen molar-refractivity contribution in [3.8, 4) is 0 Å². The lowest BCUT2D eigenvalue weighted by Gasteiger charge is -2.49. The number of esters is 1. The molecule has 0 aliphatic heterocycles. The highest BCUT2D eigenvalue weighted by Gasteiger charge is 2.82. The standard InChI is InChI=1S/C26H38O5/c1-13(2)16(5)23(29)31-25-11-15(4)26(30)19-8-14(3)21(28)18(19)9-17(12-27)10-20(26)22(25)24(25,6)7/h8,10,13,15-16,18-20,22,27,30H,9,11-12H2,1-7H3. The molecule has 0 bridgehead atoms. The Balaban J connectivity index is 1.78. The number of ketones is 1. The molecule has 0 heterocycles. The van der Waals surface area contributed by atoms with Crippen LogP contribution in [-0.2, 0) is 14.3 Å². The van der Waals surface area contributed by atoms with Gasteiger partial charge in [0.1, 0.15) is 5.60 Å². The number of aliphatic hydroxyl groups is 2.